The highest BCUT2D eigenvalue weighted by molar-refractivity contribution is 6.27. The fourth-order valence-electron chi connectivity index (χ4n) is 2.78. The first-order chi connectivity index (χ1) is 14.3. The van der Waals surface area contributed by atoms with E-state index in [1.54, 1.807) is 0 Å². The average Bonchev–Trinajstić information content (AvgIpc) is 3.34. The van der Waals surface area contributed by atoms with E-state index in [0.717, 1.165) is 35.2 Å². The number of anilines is 1. The molecule has 1 aliphatic heterocycles. The molecular weight excluding hydrogens is 390 g/mol. The second-order valence-corrected chi connectivity index (χ2v) is 6.54. The summed E-state index contributed by atoms with van der Waals surface area (Å²) in [6, 6.07) is 14.4. The van der Waals surface area contributed by atoms with Crippen LogP contribution in [0.1, 0.15) is 11.1 Å². The highest BCUT2D eigenvalue weighted by Gasteiger charge is 2.16. The number of hydrogen-bond donors (Lipinski definition) is 3. The first-order valence-corrected chi connectivity index (χ1v) is 9.02. The van der Waals surface area contributed by atoms with E-state index in [1.165, 1.54) is 11.1 Å². The van der Waals surface area contributed by atoms with Crippen molar-refractivity contribution >= 4 is 17.9 Å². The third kappa shape index (κ3) is 4.88. The summed E-state index contributed by atoms with van der Waals surface area (Å²) in [6.45, 7) is 3.12. The van der Waals surface area contributed by atoms with E-state index in [9.17, 15) is 0 Å². The van der Waals surface area contributed by atoms with Crippen LogP contribution >= 0.6 is 0 Å². The van der Waals surface area contributed by atoms with Crippen LogP contribution in [0.2, 0.25) is 0 Å². The van der Waals surface area contributed by atoms with Crippen LogP contribution in [0.5, 0.6) is 11.5 Å². The van der Waals surface area contributed by atoms with Crippen molar-refractivity contribution in [1.29, 1.82) is 0 Å². The van der Waals surface area contributed by atoms with Gasteiger partial charge >= 0.3 is 11.9 Å². The molecule has 3 aromatic rings. The van der Waals surface area contributed by atoms with Crippen molar-refractivity contribution in [3.05, 3.63) is 59.8 Å². The van der Waals surface area contributed by atoms with Crippen LogP contribution in [0.15, 0.2) is 48.7 Å². The van der Waals surface area contributed by atoms with Crippen LogP contribution < -0.4 is 14.8 Å². The number of aliphatic carboxylic acids is 2. The second kappa shape index (κ2) is 8.99. The lowest BCUT2D eigenvalue weighted by molar-refractivity contribution is -0.159. The molecule has 0 bridgehead atoms. The number of nitrogens with zero attached hydrogens (tertiary/aromatic N) is 2. The number of aryl methyl sites for hydroxylation is 1. The van der Waals surface area contributed by atoms with Crippen LogP contribution in [0.3, 0.4) is 0 Å². The molecule has 9 nitrogen and oxygen atoms in total. The maximum Gasteiger partial charge on any atom is 0.414 e. The van der Waals surface area contributed by atoms with Gasteiger partial charge in [-0.1, -0.05) is 29.8 Å². The smallest absolute Gasteiger partial charge is 0.414 e. The van der Waals surface area contributed by atoms with Crippen LogP contribution in [-0.4, -0.2) is 38.5 Å². The van der Waals surface area contributed by atoms with E-state index >= 15 is 0 Å². The molecule has 0 atom stereocenters. The van der Waals surface area contributed by atoms with Gasteiger partial charge in [0.25, 0.3) is 0 Å². The maximum atomic E-state index is 9.10. The summed E-state index contributed by atoms with van der Waals surface area (Å²) < 4.78 is 12.9. The van der Waals surface area contributed by atoms with Crippen LogP contribution in [-0.2, 0) is 23.2 Å². The molecule has 0 amide bonds. The molecule has 0 unspecified atom stereocenters. The number of aromatic nitrogens is 2. The Morgan fingerprint density at radius 2 is 1.73 bits per heavy atom. The van der Waals surface area contributed by atoms with Crippen molar-refractivity contribution in [1.82, 2.24) is 9.55 Å². The Balaban J connectivity index is 0.000000377. The van der Waals surface area contributed by atoms with Crippen LogP contribution in [0.4, 0.5) is 5.95 Å². The number of hydrogen-bond acceptors (Lipinski definition) is 6. The van der Waals surface area contributed by atoms with Gasteiger partial charge in [0.05, 0.1) is 11.9 Å². The minimum Gasteiger partial charge on any atom is -0.473 e. The molecule has 0 radical (unpaired) electrons. The van der Waals surface area contributed by atoms with Crippen molar-refractivity contribution in [3.63, 3.8) is 0 Å². The third-order valence-electron chi connectivity index (χ3n) is 4.41. The topological polar surface area (TPSA) is 123 Å². The number of rotatable bonds is 4. The minimum absolute atomic E-state index is 0.285. The molecule has 3 N–H and O–H groups in total. The lowest BCUT2D eigenvalue weighted by Gasteiger charge is -2.09. The Bertz CT molecular complexity index is 1050. The molecule has 2 aromatic carbocycles. The SMILES string of the molecule is Cc1ccc(CNc2ncc(-c3ccc4c(c3)OCO4)n2C)cc1.O=C(O)C(=O)O. The Morgan fingerprint density at radius 1 is 1.07 bits per heavy atom. The summed E-state index contributed by atoms with van der Waals surface area (Å²) in [5.74, 6) is -1.24. The Kier molecular flexibility index (Phi) is 6.21. The zero-order valence-corrected chi connectivity index (χ0v) is 16.5. The lowest BCUT2D eigenvalue weighted by atomic mass is 10.1. The fraction of sp³-hybridized carbons (Fsp3) is 0.190. The first-order valence-electron chi connectivity index (χ1n) is 9.02. The number of carboxylic acids is 2. The van der Waals surface area contributed by atoms with E-state index in [1.807, 2.05) is 36.0 Å². The van der Waals surface area contributed by atoms with Crippen molar-refractivity contribution in [2.45, 2.75) is 13.5 Å². The highest BCUT2D eigenvalue weighted by atomic mass is 16.7. The average molecular weight is 411 g/mol. The first kappa shape index (κ1) is 20.7. The number of fused-ring (bicyclic) bond motifs is 1. The summed E-state index contributed by atoms with van der Waals surface area (Å²) in [6.07, 6.45) is 1.87. The molecule has 30 heavy (non-hydrogen) atoms. The van der Waals surface area contributed by atoms with Gasteiger partial charge in [0.2, 0.25) is 12.7 Å². The van der Waals surface area contributed by atoms with Gasteiger partial charge in [0.15, 0.2) is 11.5 Å². The van der Waals surface area contributed by atoms with Gasteiger partial charge in [-0.2, -0.15) is 0 Å². The molecule has 1 aromatic heterocycles. The zero-order chi connectivity index (χ0) is 21.7. The molecule has 0 fully saturated rings. The van der Waals surface area contributed by atoms with Crippen molar-refractivity contribution in [2.75, 3.05) is 12.1 Å². The molecule has 156 valence electrons. The molecule has 2 heterocycles. The van der Waals surface area contributed by atoms with Crippen molar-refractivity contribution < 1.29 is 29.3 Å². The predicted molar refractivity (Wildman–Crippen MR) is 109 cm³/mol. The van der Waals surface area contributed by atoms with E-state index in [-0.39, 0.29) is 6.79 Å². The third-order valence-corrected chi connectivity index (χ3v) is 4.41. The van der Waals surface area contributed by atoms with E-state index in [4.69, 9.17) is 29.3 Å². The highest BCUT2D eigenvalue weighted by Crippen LogP contribution is 2.36. The van der Waals surface area contributed by atoms with Gasteiger partial charge in [-0.3, -0.25) is 0 Å². The molecular formula is C21H21N3O6. The summed E-state index contributed by atoms with van der Waals surface area (Å²) in [5.41, 5.74) is 4.58. The molecule has 0 aliphatic carbocycles. The summed E-state index contributed by atoms with van der Waals surface area (Å²) in [4.78, 5) is 22.7. The van der Waals surface area contributed by atoms with Crippen LogP contribution in [0, 0.1) is 6.92 Å². The normalized spacial score (nSPS) is 11.4. The number of carboxylic acid groups (broad SMARTS) is 2. The predicted octanol–water partition coefficient (Wildman–Crippen LogP) is 2.89. The van der Waals surface area contributed by atoms with E-state index < -0.39 is 11.9 Å². The number of nitrogens with one attached hydrogen (secondary N) is 1. The monoisotopic (exact) mass is 411 g/mol. The molecule has 1 aliphatic rings. The van der Waals surface area contributed by atoms with Gasteiger partial charge in [0.1, 0.15) is 0 Å². The van der Waals surface area contributed by atoms with Crippen LogP contribution in [0.25, 0.3) is 11.3 Å². The van der Waals surface area contributed by atoms with Crippen molar-refractivity contribution in [3.8, 4) is 22.8 Å². The summed E-state index contributed by atoms with van der Waals surface area (Å²) >= 11 is 0. The maximum absolute atomic E-state index is 9.10. The Labute approximate surface area is 172 Å². The van der Waals surface area contributed by atoms with Crippen molar-refractivity contribution in [2.24, 2.45) is 7.05 Å². The van der Waals surface area contributed by atoms with Gasteiger partial charge in [-0.15, -0.1) is 0 Å². The molecule has 0 saturated carbocycles. The largest absolute Gasteiger partial charge is 0.473 e. The van der Waals surface area contributed by atoms with Gasteiger partial charge in [-0.25, -0.2) is 14.6 Å². The molecule has 0 saturated heterocycles. The van der Waals surface area contributed by atoms with Gasteiger partial charge in [0, 0.05) is 19.2 Å². The zero-order valence-electron chi connectivity index (χ0n) is 16.5. The molecule has 0 spiro atoms. The number of ether oxygens (including phenoxy) is 2. The van der Waals surface area contributed by atoms with Gasteiger partial charge in [-0.05, 0) is 30.7 Å². The number of benzene rings is 2. The molecule has 9 heteroatoms. The summed E-state index contributed by atoms with van der Waals surface area (Å²) in [7, 11) is 2.00. The lowest BCUT2D eigenvalue weighted by Crippen LogP contribution is -2.09. The number of carbonyl (C=O) groups is 2. The quantitative estimate of drug-likeness (QED) is 0.560. The minimum atomic E-state index is -1.82. The number of imidazole rings is 1. The van der Waals surface area contributed by atoms with Gasteiger partial charge < -0.3 is 29.6 Å². The standard InChI is InChI=1S/C19H19N3O2.C2H2O4/c1-13-3-5-14(6-4-13)10-20-19-21-11-16(22(19)2)15-7-8-17-18(9-15)24-12-23-17;3-1(4)2(5)6/h3-9,11H,10,12H2,1-2H3,(H,20,21);(H,3,4)(H,5,6). The summed E-state index contributed by atoms with van der Waals surface area (Å²) in [5, 5.41) is 18.2. The molecule has 4 rings (SSSR count). The van der Waals surface area contributed by atoms with E-state index in [0.29, 0.717) is 0 Å². The van der Waals surface area contributed by atoms with E-state index in [2.05, 4.69) is 41.5 Å². The Hall–Kier alpha value is -4.01. The second-order valence-electron chi connectivity index (χ2n) is 6.54. The Morgan fingerprint density at radius 3 is 2.40 bits per heavy atom. The fourth-order valence-corrected chi connectivity index (χ4v) is 2.78.